The molecule has 0 bridgehead atoms. The third kappa shape index (κ3) is 5.11. The largest absolute Gasteiger partial charge is 0.495 e. The van der Waals surface area contributed by atoms with E-state index in [4.69, 9.17) is 21.7 Å². The first-order valence-electron chi connectivity index (χ1n) is 12.5. The fraction of sp³-hybridized carbons (Fsp3) is 0.129. The van der Waals surface area contributed by atoms with Gasteiger partial charge in [-0.2, -0.15) is 0 Å². The fourth-order valence-corrected chi connectivity index (χ4v) is 4.92. The van der Waals surface area contributed by atoms with Crippen molar-refractivity contribution < 1.29 is 23.5 Å². The maximum absolute atomic E-state index is 13.9. The van der Waals surface area contributed by atoms with Crippen LogP contribution in [0.2, 0.25) is 0 Å². The lowest BCUT2D eigenvalue weighted by Crippen LogP contribution is -2.54. The molecule has 0 radical (unpaired) electrons. The molecule has 1 fully saturated rings. The van der Waals surface area contributed by atoms with Gasteiger partial charge in [0.1, 0.15) is 29.5 Å². The van der Waals surface area contributed by atoms with Gasteiger partial charge < -0.3 is 14.0 Å². The van der Waals surface area contributed by atoms with Crippen molar-refractivity contribution in [1.82, 2.24) is 9.88 Å². The van der Waals surface area contributed by atoms with Gasteiger partial charge in [-0.15, -0.1) is 0 Å². The van der Waals surface area contributed by atoms with Gasteiger partial charge in [0.05, 0.1) is 12.8 Å². The van der Waals surface area contributed by atoms with Crippen molar-refractivity contribution in [3.8, 4) is 17.2 Å². The minimum Gasteiger partial charge on any atom is -0.495 e. The molecule has 9 heteroatoms. The average Bonchev–Trinajstić information content (AvgIpc) is 3.23. The van der Waals surface area contributed by atoms with Crippen LogP contribution < -0.4 is 19.7 Å². The lowest BCUT2D eigenvalue weighted by atomic mass is 10.1. The van der Waals surface area contributed by atoms with Crippen LogP contribution in [0.15, 0.2) is 84.4 Å². The standard InChI is InChI=1S/C31H26FN3O4S/c1-19-16-22(17-25-29(36)33-31(40)35(30(25)37)27-10-6-7-11-28(27)38-3)20(2)34(19)23-12-14-24(15-13-23)39-18-21-8-4-5-9-26(21)32/h4-17H,18H2,1-3H3,(H,33,36,40)/b25-17+. The van der Waals surface area contributed by atoms with Gasteiger partial charge >= 0.3 is 0 Å². The highest BCUT2D eigenvalue weighted by Crippen LogP contribution is 2.32. The molecule has 1 saturated heterocycles. The Hall–Kier alpha value is -4.76. The molecule has 1 aliphatic heterocycles. The van der Waals surface area contributed by atoms with E-state index >= 15 is 0 Å². The summed E-state index contributed by atoms with van der Waals surface area (Å²) in [5.41, 5.74) is 4.20. The van der Waals surface area contributed by atoms with Crippen LogP contribution in [0.5, 0.6) is 11.5 Å². The first-order valence-corrected chi connectivity index (χ1v) is 12.9. The summed E-state index contributed by atoms with van der Waals surface area (Å²) in [5.74, 6) is -0.360. The van der Waals surface area contributed by atoms with Gasteiger partial charge in [0.15, 0.2) is 5.11 Å². The summed E-state index contributed by atoms with van der Waals surface area (Å²) in [6.07, 6.45) is 1.58. The lowest BCUT2D eigenvalue weighted by Gasteiger charge is -2.29. The topological polar surface area (TPSA) is 72.8 Å². The summed E-state index contributed by atoms with van der Waals surface area (Å²) >= 11 is 5.32. The van der Waals surface area contributed by atoms with Gasteiger partial charge in [0.25, 0.3) is 11.8 Å². The number of ether oxygens (including phenoxy) is 2. The highest BCUT2D eigenvalue weighted by molar-refractivity contribution is 7.80. The van der Waals surface area contributed by atoms with Crippen LogP contribution >= 0.6 is 12.2 Å². The van der Waals surface area contributed by atoms with Gasteiger partial charge in [0.2, 0.25) is 0 Å². The molecule has 0 aliphatic carbocycles. The van der Waals surface area contributed by atoms with Crippen LogP contribution in [-0.2, 0) is 16.2 Å². The van der Waals surface area contributed by atoms with Crippen molar-refractivity contribution in [2.75, 3.05) is 12.0 Å². The molecule has 2 heterocycles. The normalized spacial score (nSPS) is 14.4. The first kappa shape index (κ1) is 26.8. The van der Waals surface area contributed by atoms with E-state index in [-0.39, 0.29) is 23.1 Å². The zero-order chi connectivity index (χ0) is 28.4. The second kappa shape index (κ2) is 11.2. The number of carbonyl (C=O) groups excluding carboxylic acids is 2. The van der Waals surface area contributed by atoms with E-state index in [1.807, 2.05) is 48.7 Å². The number of aromatic nitrogens is 1. The number of halogens is 1. The maximum atomic E-state index is 13.9. The third-order valence-corrected chi connectivity index (χ3v) is 6.93. The van der Waals surface area contributed by atoms with E-state index in [0.717, 1.165) is 17.1 Å². The number of hydrogen-bond acceptors (Lipinski definition) is 5. The number of nitrogens with one attached hydrogen (secondary N) is 1. The number of rotatable bonds is 7. The Morgan fingerprint density at radius 3 is 2.40 bits per heavy atom. The van der Waals surface area contributed by atoms with Crippen LogP contribution in [0.4, 0.5) is 10.1 Å². The van der Waals surface area contributed by atoms with E-state index in [1.165, 1.54) is 18.1 Å². The number of aryl methyl sites for hydroxylation is 1. The highest BCUT2D eigenvalue weighted by Gasteiger charge is 2.36. The Labute approximate surface area is 236 Å². The number of thiocarbonyl (C=S) groups is 1. The highest BCUT2D eigenvalue weighted by atomic mass is 32.1. The van der Waals surface area contributed by atoms with Crippen molar-refractivity contribution in [2.24, 2.45) is 0 Å². The molecule has 2 amide bonds. The summed E-state index contributed by atoms with van der Waals surface area (Å²) in [6, 6.07) is 22.8. The van der Waals surface area contributed by atoms with Crippen molar-refractivity contribution in [3.63, 3.8) is 0 Å². The number of benzene rings is 3. The predicted octanol–water partition coefficient (Wildman–Crippen LogP) is 5.65. The van der Waals surface area contributed by atoms with Gasteiger partial charge in [-0.1, -0.05) is 30.3 Å². The SMILES string of the molecule is COc1ccccc1N1C(=O)/C(=C/c2cc(C)n(-c3ccc(OCc4ccccc4F)cc3)c2C)C(=O)NC1=S. The molecule has 202 valence electrons. The molecule has 5 rings (SSSR count). The van der Waals surface area contributed by atoms with Gasteiger partial charge in [-0.3, -0.25) is 14.9 Å². The van der Waals surface area contributed by atoms with E-state index in [9.17, 15) is 14.0 Å². The van der Waals surface area contributed by atoms with E-state index < -0.39 is 11.8 Å². The van der Waals surface area contributed by atoms with Crippen molar-refractivity contribution in [2.45, 2.75) is 20.5 Å². The van der Waals surface area contributed by atoms with Gasteiger partial charge in [-0.25, -0.2) is 9.29 Å². The number of carbonyl (C=O) groups is 2. The lowest BCUT2D eigenvalue weighted by molar-refractivity contribution is -0.122. The van der Waals surface area contributed by atoms with Crippen LogP contribution in [0.1, 0.15) is 22.5 Å². The summed E-state index contributed by atoms with van der Waals surface area (Å²) < 4.78 is 27.1. The quantitative estimate of drug-likeness (QED) is 0.181. The zero-order valence-corrected chi connectivity index (χ0v) is 22.9. The van der Waals surface area contributed by atoms with Crippen LogP contribution in [0.3, 0.4) is 0 Å². The first-order chi connectivity index (χ1) is 19.3. The van der Waals surface area contributed by atoms with Crippen molar-refractivity contribution >= 4 is 40.9 Å². The number of anilines is 1. The van der Waals surface area contributed by atoms with E-state index in [1.54, 1.807) is 48.5 Å². The third-order valence-electron chi connectivity index (χ3n) is 6.64. The van der Waals surface area contributed by atoms with Gasteiger partial charge in [-0.05, 0) is 86.2 Å². The smallest absolute Gasteiger partial charge is 0.270 e. The van der Waals surface area contributed by atoms with Crippen LogP contribution in [0.25, 0.3) is 11.8 Å². The zero-order valence-electron chi connectivity index (χ0n) is 22.1. The van der Waals surface area contributed by atoms with Crippen molar-refractivity contribution in [3.05, 3.63) is 113 Å². The number of para-hydroxylation sites is 2. The molecule has 0 spiro atoms. The molecule has 40 heavy (non-hydrogen) atoms. The number of hydrogen-bond donors (Lipinski definition) is 1. The Bertz CT molecular complexity index is 1660. The molecule has 0 saturated carbocycles. The Kier molecular flexibility index (Phi) is 7.48. The molecule has 1 aliphatic rings. The summed E-state index contributed by atoms with van der Waals surface area (Å²) in [7, 11) is 1.50. The molecule has 0 atom stereocenters. The van der Waals surface area contributed by atoms with E-state index in [0.29, 0.717) is 28.3 Å². The average molecular weight is 556 g/mol. The molecule has 3 aromatic carbocycles. The molecular weight excluding hydrogens is 529 g/mol. The molecule has 1 aromatic heterocycles. The second-order valence-electron chi connectivity index (χ2n) is 9.17. The van der Waals surface area contributed by atoms with Crippen molar-refractivity contribution in [1.29, 1.82) is 0 Å². The summed E-state index contributed by atoms with van der Waals surface area (Å²) in [4.78, 5) is 27.6. The molecule has 0 unspecified atom stereocenters. The second-order valence-corrected chi connectivity index (χ2v) is 9.55. The van der Waals surface area contributed by atoms with Gasteiger partial charge in [0, 0.05) is 22.6 Å². The Morgan fingerprint density at radius 1 is 0.975 bits per heavy atom. The predicted molar refractivity (Wildman–Crippen MR) is 155 cm³/mol. The van der Waals surface area contributed by atoms with Crippen LogP contribution in [0, 0.1) is 19.7 Å². The monoisotopic (exact) mass is 555 g/mol. The number of nitrogens with zero attached hydrogens (tertiary/aromatic N) is 2. The fourth-order valence-electron chi connectivity index (χ4n) is 4.65. The molecule has 1 N–H and O–H groups in total. The summed E-state index contributed by atoms with van der Waals surface area (Å²) in [5, 5.41) is 2.60. The van der Waals surface area contributed by atoms with E-state index in [2.05, 4.69) is 5.32 Å². The van der Waals surface area contributed by atoms with Crippen LogP contribution in [-0.4, -0.2) is 28.6 Å². The Morgan fingerprint density at radius 2 is 1.68 bits per heavy atom. The molecule has 4 aromatic rings. The maximum Gasteiger partial charge on any atom is 0.270 e. The number of methoxy groups -OCH3 is 1. The minimum atomic E-state index is -0.567. The minimum absolute atomic E-state index is 0.0144. The Balaban J connectivity index is 1.41. The summed E-state index contributed by atoms with van der Waals surface area (Å²) in [6.45, 7) is 3.98. The molecule has 7 nitrogen and oxygen atoms in total. The number of amides is 2. The molecular formula is C31H26FN3O4S.